The zero-order valence-corrected chi connectivity index (χ0v) is 30.3. The summed E-state index contributed by atoms with van der Waals surface area (Å²) < 4.78 is 51.8. The van der Waals surface area contributed by atoms with Gasteiger partial charge in [0.2, 0.25) is 11.8 Å². The van der Waals surface area contributed by atoms with Crippen LogP contribution in [-0.2, 0) is 32.6 Å². The number of hydrogen-bond acceptors (Lipinski definition) is 8. The fourth-order valence-electron chi connectivity index (χ4n) is 5.36. The van der Waals surface area contributed by atoms with Crippen molar-refractivity contribution in [2.45, 2.75) is 37.2 Å². The summed E-state index contributed by atoms with van der Waals surface area (Å²) in [7, 11) is 1.25. The fourth-order valence-corrected chi connectivity index (χ4v) is 6.96. The summed E-state index contributed by atoms with van der Waals surface area (Å²) >= 11 is 6.39. The molecule has 0 aliphatic rings. The average molecular weight is 724 g/mol. The number of amides is 2. The number of nitrogens with zero attached hydrogens (tertiary/aromatic N) is 2. The lowest BCUT2D eigenvalue weighted by atomic mass is 10.0. The first-order valence-electron chi connectivity index (χ1n) is 15.9. The highest BCUT2D eigenvalue weighted by atomic mass is 35.5. The molecule has 266 valence electrons. The molecular formula is C37H42ClN3O8S. The first-order chi connectivity index (χ1) is 24.1. The van der Waals surface area contributed by atoms with Crippen molar-refractivity contribution in [3.05, 3.63) is 107 Å². The molecule has 50 heavy (non-hydrogen) atoms. The Morgan fingerprint density at radius 1 is 0.780 bits per heavy atom. The zero-order valence-electron chi connectivity index (χ0n) is 28.7. The molecule has 4 aromatic rings. The Balaban J connectivity index is 1.88. The highest BCUT2D eigenvalue weighted by Crippen LogP contribution is 2.37. The van der Waals surface area contributed by atoms with Crippen molar-refractivity contribution in [2.75, 3.05) is 45.8 Å². The van der Waals surface area contributed by atoms with E-state index in [2.05, 4.69) is 5.32 Å². The molecule has 13 heteroatoms. The van der Waals surface area contributed by atoms with Gasteiger partial charge >= 0.3 is 0 Å². The van der Waals surface area contributed by atoms with Gasteiger partial charge in [0.15, 0.2) is 11.5 Å². The summed E-state index contributed by atoms with van der Waals surface area (Å²) in [6.07, 6.45) is 0.856. The van der Waals surface area contributed by atoms with E-state index in [0.717, 1.165) is 9.87 Å². The van der Waals surface area contributed by atoms with Crippen molar-refractivity contribution in [1.82, 2.24) is 10.2 Å². The smallest absolute Gasteiger partial charge is 0.265 e. The maximum absolute atomic E-state index is 14.8. The SMILES string of the molecule is CCCNC(=O)C(Cc1ccccc1)N(Cc1cccc(OC)c1)C(=O)CN(c1cc(Cl)ccc1OC)S(=O)(=O)c1ccc(OC)c(OC)c1. The molecular weight excluding hydrogens is 682 g/mol. The van der Waals surface area contributed by atoms with Crippen LogP contribution in [0.5, 0.6) is 23.0 Å². The molecule has 11 nitrogen and oxygen atoms in total. The van der Waals surface area contributed by atoms with Crippen LogP contribution in [-0.4, -0.2) is 72.7 Å². The number of methoxy groups -OCH3 is 4. The molecule has 0 bridgehead atoms. The monoisotopic (exact) mass is 723 g/mol. The Morgan fingerprint density at radius 3 is 2.12 bits per heavy atom. The summed E-state index contributed by atoms with van der Waals surface area (Å²) in [5.74, 6) is 0.195. The molecule has 0 saturated carbocycles. The maximum atomic E-state index is 14.8. The van der Waals surface area contributed by atoms with Gasteiger partial charge in [-0.15, -0.1) is 0 Å². The van der Waals surface area contributed by atoms with Crippen molar-refractivity contribution < 1.29 is 37.0 Å². The number of rotatable bonds is 17. The molecule has 4 aromatic carbocycles. The second-order valence-corrected chi connectivity index (χ2v) is 13.5. The van der Waals surface area contributed by atoms with Gasteiger partial charge in [0, 0.05) is 30.6 Å². The third kappa shape index (κ3) is 9.19. The standard InChI is InChI=1S/C37H42ClN3O8S/c1-6-19-39-37(43)32(21-26-11-8-7-9-12-26)40(24-27-13-10-14-29(20-27)46-2)36(42)25-41(31-22-28(38)15-17-33(31)47-3)50(44,45)30-16-18-34(48-4)35(23-30)49-5/h7-18,20,22-23,32H,6,19,21,24-25H2,1-5H3,(H,39,43). The van der Waals surface area contributed by atoms with Gasteiger partial charge in [-0.05, 0) is 60.0 Å². The number of anilines is 1. The number of hydrogen-bond donors (Lipinski definition) is 1. The second kappa shape index (κ2) is 17.6. The van der Waals surface area contributed by atoms with E-state index in [9.17, 15) is 18.0 Å². The lowest BCUT2D eigenvalue weighted by Crippen LogP contribution is -2.53. The molecule has 0 aliphatic heterocycles. The quantitative estimate of drug-likeness (QED) is 0.147. The minimum absolute atomic E-state index is 0.0238. The highest BCUT2D eigenvalue weighted by molar-refractivity contribution is 7.92. The Labute approximate surface area is 298 Å². The van der Waals surface area contributed by atoms with Gasteiger partial charge in [0.1, 0.15) is 24.1 Å². The van der Waals surface area contributed by atoms with Crippen LogP contribution >= 0.6 is 11.6 Å². The van der Waals surface area contributed by atoms with E-state index in [-0.39, 0.29) is 46.0 Å². The fraction of sp³-hybridized carbons (Fsp3) is 0.297. The van der Waals surface area contributed by atoms with E-state index in [1.165, 1.54) is 63.7 Å². The first kappa shape index (κ1) is 37.9. The van der Waals surface area contributed by atoms with Gasteiger partial charge in [0.05, 0.1) is 39.0 Å². The van der Waals surface area contributed by atoms with E-state index in [0.29, 0.717) is 30.0 Å². The number of sulfonamides is 1. The van der Waals surface area contributed by atoms with Crippen LogP contribution in [0.3, 0.4) is 0 Å². The predicted molar refractivity (Wildman–Crippen MR) is 193 cm³/mol. The highest BCUT2D eigenvalue weighted by Gasteiger charge is 2.36. The number of ether oxygens (including phenoxy) is 4. The normalized spacial score (nSPS) is 11.6. The summed E-state index contributed by atoms with van der Waals surface area (Å²) in [4.78, 5) is 29.9. The van der Waals surface area contributed by atoms with Gasteiger partial charge in [-0.1, -0.05) is 61.0 Å². The third-order valence-corrected chi connectivity index (χ3v) is 9.93. The third-order valence-electron chi connectivity index (χ3n) is 7.94. The van der Waals surface area contributed by atoms with Gasteiger partial charge in [-0.2, -0.15) is 0 Å². The van der Waals surface area contributed by atoms with Crippen LogP contribution in [0.4, 0.5) is 5.69 Å². The number of carbonyl (C=O) groups excluding carboxylic acids is 2. The van der Waals surface area contributed by atoms with Crippen LogP contribution in [0, 0.1) is 0 Å². The molecule has 0 radical (unpaired) electrons. The topological polar surface area (TPSA) is 124 Å². The van der Waals surface area contributed by atoms with Crippen LogP contribution in [0.1, 0.15) is 24.5 Å². The largest absolute Gasteiger partial charge is 0.497 e. The van der Waals surface area contributed by atoms with Gasteiger partial charge in [-0.3, -0.25) is 13.9 Å². The summed E-state index contributed by atoms with van der Waals surface area (Å²) in [6, 6.07) is 24.1. The number of halogens is 1. The lowest BCUT2D eigenvalue weighted by molar-refractivity contribution is -0.140. The molecule has 1 unspecified atom stereocenters. The van der Waals surface area contributed by atoms with Gasteiger partial charge in [0.25, 0.3) is 10.0 Å². The first-order valence-corrected chi connectivity index (χ1v) is 17.7. The molecule has 1 N–H and O–H groups in total. The molecule has 0 saturated heterocycles. The minimum Gasteiger partial charge on any atom is -0.497 e. The Hall–Kier alpha value is -4.94. The van der Waals surface area contributed by atoms with Crippen molar-refractivity contribution in [1.29, 1.82) is 0 Å². The summed E-state index contributed by atoms with van der Waals surface area (Å²) in [5.41, 5.74) is 1.52. The van der Waals surface area contributed by atoms with Gasteiger partial charge in [-0.25, -0.2) is 8.42 Å². The van der Waals surface area contributed by atoms with Crippen LogP contribution < -0.4 is 28.6 Å². The summed E-state index contributed by atoms with van der Waals surface area (Å²) in [6.45, 7) is 1.60. The minimum atomic E-state index is -4.50. The van der Waals surface area contributed by atoms with E-state index >= 15 is 0 Å². The van der Waals surface area contributed by atoms with E-state index in [4.69, 9.17) is 30.5 Å². The molecule has 4 rings (SSSR count). The van der Waals surface area contributed by atoms with Crippen molar-refractivity contribution in [3.63, 3.8) is 0 Å². The number of benzene rings is 4. The van der Waals surface area contributed by atoms with E-state index in [1.54, 1.807) is 24.3 Å². The second-order valence-electron chi connectivity index (χ2n) is 11.2. The van der Waals surface area contributed by atoms with Crippen LogP contribution in [0.2, 0.25) is 5.02 Å². The molecule has 0 fully saturated rings. The predicted octanol–water partition coefficient (Wildman–Crippen LogP) is 5.74. The van der Waals surface area contributed by atoms with Crippen molar-refractivity contribution >= 4 is 39.1 Å². The number of carbonyl (C=O) groups is 2. The van der Waals surface area contributed by atoms with E-state index < -0.39 is 28.5 Å². The summed E-state index contributed by atoms with van der Waals surface area (Å²) in [5, 5.41) is 3.15. The van der Waals surface area contributed by atoms with Gasteiger partial charge < -0.3 is 29.2 Å². The van der Waals surface area contributed by atoms with Crippen molar-refractivity contribution in [2.24, 2.45) is 0 Å². The van der Waals surface area contributed by atoms with Crippen LogP contribution in [0.25, 0.3) is 0 Å². The molecule has 0 spiro atoms. The Bertz CT molecular complexity index is 1870. The van der Waals surface area contributed by atoms with Crippen LogP contribution in [0.15, 0.2) is 95.9 Å². The molecule has 0 aliphatic carbocycles. The molecule has 0 heterocycles. The Morgan fingerprint density at radius 2 is 1.46 bits per heavy atom. The Kier molecular flexibility index (Phi) is 13.4. The lowest BCUT2D eigenvalue weighted by Gasteiger charge is -2.34. The number of nitrogens with one attached hydrogen (secondary N) is 1. The molecule has 0 aromatic heterocycles. The van der Waals surface area contributed by atoms with Crippen molar-refractivity contribution in [3.8, 4) is 23.0 Å². The molecule has 1 atom stereocenters. The average Bonchev–Trinajstić information content (AvgIpc) is 3.14. The van der Waals surface area contributed by atoms with E-state index in [1.807, 2.05) is 43.3 Å². The molecule has 2 amide bonds. The maximum Gasteiger partial charge on any atom is 0.265 e. The zero-order chi connectivity index (χ0) is 36.3.